The van der Waals surface area contributed by atoms with Crippen molar-refractivity contribution in [3.63, 3.8) is 0 Å². The minimum Gasteiger partial charge on any atom is -0.481 e. The van der Waals surface area contributed by atoms with E-state index < -0.39 is 11.6 Å². The van der Waals surface area contributed by atoms with Crippen LogP contribution in [0.1, 0.15) is 33.6 Å². The van der Waals surface area contributed by atoms with Gasteiger partial charge in [-0.2, -0.15) is 0 Å². The molecule has 1 N–H and O–H groups in total. The second kappa shape index (κ2) is 4.44. The molecule has 0 spiro atoms. The van der Waals surface area contributed by atoms with E-state index in [2.05, 4.69) is 0 Å². The van der Waals surface area contributed by atoms with Crippen molar-refractivity contribution < 1.29 is 19.4 Å². The lowest BCUT2D eigenvalue weighted by Crippen LogP contribution is -2.35. The Kier molecular flexibility index (Phi) is 3.25. The number of amides is 1. The molecule has 1 saturated carbocycles. The summed E-state index contributed by atoms with van der Waals surface area (Å²) < 4.78 is 5.32. The fourth-order valence-electron chi connectivity index (χ4n) is 2.65. The van der Waals surface area contributed by atoms with Crippen molar-refractivity contribution >= 4 is 12.1 Å². The number of carboxylic acids is 1. The molecule has 2 rings (SSSR count). The predicted octanol–water partition coefficient (Wildman–Crippen LogP) is 1.96. The molecule has 1 saturated heterocycles. The Balaban J connectivity index is 1.82. The summed E-state index contributed by atoms with van der Waals surface area (Å²) in [5, 5.41) is 8.91. The van der Waals surface area contributed by atoms with E-state index in [0.29, 0.717) is 19.0 Å². The fraction of sp³-hybridized carbons (Fsp3) is 0.846. The van der Waals surface area contributed by atoms with Gasteiger partial charge in [0.2, 0.25) is 0 Å². The zero-order valence-corrected chi connectivity index (χ0v) is 11.2. The molecule has 0 aromatic carbocycles. The minimum absolute atomic E-state index is 0.186. The molecular weight excluding hydrogens is 234 g/mol. The fourth-order valence-corrected chi connectivity index (χ4v) is 2.65. The SMILES string of the molecule is CC(C)(C)OC(=O)N1CCC(C2CC2C(=O)O)C1. The van der Waals surface area contributed by atoms with E-state index in [4.69, 9.17) is 9.84 Å². The summed E-state index contributed by atoms with van der Waals surface area (Å²) in [6.07, 6.45) is 1.38. The van der Waals surface area contributed by atoms with Gasteiger partial charge >= 0.3 is 12.1 Å². The normalized spacial score (nSPS) is 31.3. The molecule has 5 nitrogen and oxygen atoms in total. The average Bonchev–Trinajstić information content (AvgIpc) is 2.86. The van der Waals surface area contributed by atoms with Crippen LogP contribution in [0.15, 0.2) is 0 Å². The lowest BCUT2D eigenvalue weighted by Gasteiger charge is -2.24. The molecule has 1 amide bonds. The highest BCUT2D eigenvalue weighted by Gasteiger charge is 2.50. The van der Waals surface area contributed by atoms with Gasteiger partial charge < -0.3 is 14.7 Å². The van der Waals surface area contributed by atoms with Crippen molar-refractivity contribution in [3.05, 3.63) is 0 Å². The monoisotopic (exact) mass is 255 g/mol. The molecule has 3 atom stereocenters. The van der Waals surface area contributed by atoms with Crippen LogP contribution in [-0.4, -0.2) is 40.8 Å². The number of carbonyl (C=O) groups is 2. The highest BCUT2D eigenvalue weighted by Crippen LogP contribution is 2.47. The van der Waals surface area contributed by atoms with E-state index in [-0.39, 0.29) is 17.9 Å². The first-order chi connectivity index (χ1) is 8.28. The summed E-state index contributed by atoms with van der Waals surface area (Å²) in [4.78, 5) is 24.4. The van der Waals surface area contributed by atoms with Gasteiger partial charge in [0.1, 0.15) is 5.60 Å². The number of nitrogens with zero attached hydrogens (tertiary/aromatic N) is 1. The third-order valence-corrected chi connectivity index (χ3v) is 3.64. The lowest BCUT2D eigenvalue weighted by molar-refractivity contribution is -0.139. The number of likely N-dealkylation sites (tertiary alicyclic amines) is 1. The molecule has 102 valence electrons. The molecule has 2 aliphatic rings. The van der Waals surface area contributed by atoms with E-state index in [1.54, 1.807) is 4.90 Å². The first-order valence-electron chi connectivity index (χ1n) is 6.48. The van der Waals surface area contributed by atoms with Crippen LogP contribution in [0, 0.1) is 17.8 Å². The van der Waals surface area contributed by atoms with Gasteiger partial charge in [0, 0.05) is 13.1 Å². The van der Waals surface area contributed by atoms with E-state index in [9.17, 15) is 9.59 Å². The lowest BCUT2D eigenvalue weighted by atomic mass is 10.0. The van der Waals surface area contributed by atoms with Crippen molar-refractivity contribution in [2.75, 3.05) is 13.1 Å². The van der Waals surface area contributed by atoms with Crippen molar-refractivity contribution in [2.24, 2.45) is 17.8 Å². The first-order valence-corrected chi connectivity index (χ1v) is 6.48. The highest BCUT2D eigenvalue weighted by molar-refractivity contribution is 5.73. The predicted molar refractivity (Wildman–Crippen MR) is 65.1 cm³/mol. The van der Waals surface area contributed by atoms with Crippen LogP contribution >= 0.6 is 0 Å². The third-order valence-electron chi connectivity index (χ3n) is 3.64. The van der Waals surface area contributed by atoms with Crippen LogP contribution in [0.2, 0.25) is 0 Å². The van der Waals surface area contributed by atoms with Gasteiger partial charge in [0.05, 0.1) is 5.92 Å². The van der Waals surface area contributed by atoms with E-state index in [0.717, 1.165) is 12.8 Å². The van der Waals surface area contributed by atoms with Crippen LogP contribution in [0.5, 0.6) is 0 Å². The number of ether oxygens (including phenoxy) is 1. The van der Waals surface area contributed by atoms with Gasteiger partial charge in [-0.15, -0.1) is 0 Å². The maximum absolute atomic E-state index is 11.9. The first kappa shape index (κ1) is 13.2. The van der Waals surface area contributed by atoms with E-state index in [1.807, 2.05) is 20.8 Å². The molecule has 2 fully saturated rings. The number of carboxylic acid groups (broad SMARTS) is 1. The zero-order chi connectivity index (χ0) is 13.5. The summed E-state index contributed by atoms with van der Waals surface area (Å²) in [5.41, 5.74) is -0.474. The summed E-state index contributed by atoms with van der Waals surface area (Å²) in [6.45, 7) is 6.87. The summed E-state index contributed by atoms with van der Waals surface area (Å²) in [7, 11) is 0. The Morgan fingerprint density at radius 3 is 2.50 bits per heavy atom. The Hall–Kier alpha value is -1.26. The van der Waals surface area contributed by atoms with Crippen molar-refractivity contribution in [1.82, 2.24) is 4.90 Å². The Morgan fingerprint density at radius 2 is 2.00 bits per heavy atom. The molecule has 0 bridgehead atoms. The number of hydrogen-bond acceptors (Lipinski definition) is 3. The second-order valence-electron chi connectivity index (χ2n) is 6.32. The molecule has 0 aromatic heterocycles. The van der Waals surface area contributed by atoms with Crippen LogP contribution in [0.4, 0.5) is 4.79 Å². The molecule has 18 heavy (non-hydrogen) atoms. The molecular formula is C13H21NO4. The number of carbonyl (C=O) groups excluding carboxylic acids is 1. The van der Waals surface area contributed by atoms with Gasteiger partial charge in [0.15, 0.2) is 0 Å². The van der Waals surface area contributed by atoms with Crippen molar-refractivity contribution in [1.29, 1.82) is 0 Å². The number of hydrogen-bond donors (Lipinski definition) is 1. The van der Waals surface area contributed by atoms with E-state index in [1.165, 1.54) is 0 Å². The molecule has 5 heteroatoms. The molecule has 3 unspecified atom stereocenters. The smallest absolute Gasteiger partial charge is 0.410 e. The molecule has 0 aromatic rings. The molecule has 1 heterocycles. The standard InChI is InChI=1S/C13H21NO4/c1-13(2,3)18-12(17)14-5-4-8(7-14)9-6-10(9)11(15)16/h8-10H,4-7H2,1-3H3,(H,15,16). The Labute approximate surface area is 107 Å². The van der Waals surface area contributed by atoms with Crippen LogP contribution in [0.25, 0.3) is 0 Å². The molecule has 0 radical (unpaired) electrons. The van der Waals surface area contributed by atoms with E-state index >= 15 is 0 Å². The van der Waals surface area contributed by atoms with Gasteiger partial charge in [-0.3, -0.25) is 4.79 Å². The minimum atomic E-state index is -0.698. The largest absolute Gasteiger partial charge is 0.481 e. The highest BCUT2D eigenvalue weighted by atomic mass is 16.6. The van der Waals surface area contributed by atoms with Gasteiger partial charge in [-0.1, -0.05) is 0 Å². The summed E-state index contributed by atoms with van der Waals surface area (Å²) >= 11 is 0. The Bertz CT molecular complexity index is 360. The van der Waals surface area contributed by atoms with Crippen molar-refractivity contribution in [3.8, 4) is 0 Å². The van der Waals surface area contributed by atoms with Gasteiger partial charge in [-0.25, -0.2) is 4.79 Å². The maximum atomic E-state index is 11.9. The summed E-state index contributed by atoms with van der Waals surface area (Å²) in [6, 6.07) is 0. The van der Waals surface area contributed by atoms with Crippen LogP contribution in [-0.2, 0) is 9.53 Å². The third kappa shape index (κ3) is 2.94. The molecule has 1 aliphatic heterocycles. The van der Waals surface area contributed by atoms with Crippen molar-refractivity contribution in [2.45, 2.75) is 39.2 Å². The van der Waals surface area contributed by atoms with Crippen LogP contribution < -0.4 is 0 Å². The second-order valence-corrected chi connectivity index (χ2v) is 6.32. The Morgan fingerprint density at radius 1 is 1.33 bits per heavy atom. The number of aliphatic carboxylic acids is 1. The van der Waals surface area contributed by atoms with Crippen LogP contribution in [0.3, 0.4) is 0 Å². The zero-order valence-electron chi connectivity index (χ0n) is 11.2. The quantitative estimate of drug-likeness (QED) is 0.819. The van der Waals surface area contributed by atoms with Gasteiger partial charge in [-0.05, 0) is 45.4 Å². The summed E-state index contributed by atoms with van der Waals surface area (Å²) in [5.74, 6) is -0.294. The molecule has 1 aliphatic carbocycles. The topological polar surface area (TPSA) is 66.8 Å². The van der Waals surface area contributed by atoms with Gasteiger partial charge in [0.25, 0.3) is 0 Å². The maximum Gasteiger partial charge on any atom is 0.410 e. The number of rotatable bonds is 2. The average molecular weight is 255 g/mol.